The molecule has 0 unspecified atom stereocenters. The van der Waals surface area contributed by atoms with E-state index in [9.17, 15) is 0 Å². The lowest BCUT2D eigenvalue weighted by atomic mass is 10.1. The molecule has 0 spiro atoms. The van der Waals surface area contributed by atoms with Gasteiger partial charge in [0.1, 0.15) is 0 Å². The Morgan fingerprint density at radius 3 is 3.00 bits per heavy atom. The van der Waals surface area contributed by atoms with E-state index in [1.54, 1.807) is 10.7 Å². The molecule has 0 atom stereocenters. The first kappa shape index (κ1) is 7.51. The number of nitriles is 1. The van der Waals surface area contributed by atoms with Gasteiger partial charge in [0, 0.05) is 12.3 Å². The van der Waals surface area contributed by atoms with Crippen LogP contribution >= 0.6 is 0 Å². The number of fused-ring (bicyclic) bond motifs is 1. The highest BCUT2D eigenvalue weighted by Crippen LogP contribution is 2.46. The summed E-state index contributed by atoms with van der Waals surface area (Å²) in [6.45, 7) is 0. The molecule has 1 aliphatic carbocycles. The van der Waals surface area contributed by atoms with E-state index in [0.717, 1.165) is 24.2 Å². The number of nitrogens with zero attached hydrogens (tertiary/aromatic N) is 4. The standard InChI is InChI=1S/C10H8N4/c11-7-10(3-4-10)8-2-6-14-9(13-8)1-5-12-14/h1-2,5-6H,3-4H2. The van der Waals surface area contributed by atoms with Crippen LogP contribution in [-0.4, -0.2) is 14.6 Å². The van der Waals surface area contributed by atoms with Crippen LogP contribution in [-0.2, 0) is 5.41 Å². The van der Waals surface area contributed by atoms with Crippen molar-refractivity contribution < 1.29 is 0 Å². The van der Waals surface area contributed by atoms with Gasteiger partial charge in [-0.3, -0.25) is 0 Å². The van der Waals surface area contributed by atoms with Crippen molar-refractivity contribution in [2.45, 2.75) is 18.3 Å². The fourth-order valence-electron chi connectivity index (χ4n) is 1.63. The quantitative estimate of drug-likeness (QED) is 0.670. The van der Waals surface area contributed by atoms with E-state index in [4.69, 9.17) is 5.26 Å². The zero-order valence-corrected chi connectivity index (χ0v) is 7.51. The maximum Gasteiger partial charge on any atom is 0.155 e. The maximum atomic E-state index is 9.02. The lowest BCUT2D eigenvalue weighted by Gasteiger charge is -2.04. The Kier molecular flexibility index (Phi) is 1.25. The van der Waals surface area contributed by atoms with Crippen LogP contribution in [0.1, 0.15) is 18.5 Å². The van der Waals surface area contributed by atoms with Crippen molar-refractivity contribution in [2.24, 2.45) is 0 Å². The van der Waals surface area contributed by atoms with Gasteiger partial charge in [-0.05, 0) is 18.9 Å². The third-order valence-electron chi connectivity index (χ3n) is 2.71. The number of rotatable bonds is 1. The van der Waals surface area contributed by atoms with E-state index in [1.807, 2.05) is 18.3 Å². The van der Waals surface area contributed by atoms with Crippen LogP contribution in [0.2, 0.25) is 0 Å². The number of hydrogen-bond donors (Lipinski definition) is 0. The number of hydrogen-bond acceptors (Lipinski definition) is 3. The van der Waals surface area contributed by atoms with Crippen LogP contribution in [0.5, 0.6) is 0 Å². The number of aromatic nitrogens is 3. The largest absolute Gasteiger partial charge is 0.232 e. The molecule has 1 aliphatic rings. The molecule has 2 heterocycles. The summed E-state index contributed by atoms with van der Waals surface area (Å²) in [5.41, 5.74) is 1.39. The van der Waals surface area contributed by atoms with Gasteiger partial charge in [0.25, 0.3) is 0 Å². The van der Waals surface area contributed by atoms with Crippen molar-refractivity contribution in [1.29, 1.82) is 5.26 Å². The van der Waals surface area contributed by atoms with E-state index < -0.39 is 0 Å². The summed E-state index contributed by atoms with van der Waals surface area (Å²) in [6, 6.07) is 6.06. The first-order chi connectivity index (χ1) is 6.84. The third-order valence-corrected chi connectivity index (χ3v) is 2.71. The van der Waals surface area contributed by atoms with Crippen molar-refractivity contribution in [3.8, 4) is 6.07 Å². The summed E-state index contributed by atoms with van der Waals surface area (Å²) < 4.78 is 1.71. The predicted molar refractivity (Wildman–Crippen MR) is 49.5 cm³/mol. The van der Waals surface area contributed by atoms with Gasteiger partial charge in [-0.15, -0.1) is 0 Å². The summed E-state index contributed by atoms with van der Waals surface area (Å²) in [5.74, 6) is 0. The summed E-state index contributed by atoms with van der Waals surface area (Å²) in [5, 5.41) is 13.1. The maximum absolute atomic E-state index is 9.02. The van der Waals surface area contributed by atoms with E-state index >= 15 is 0 Å². The third kappa shape index (κ3) is 0.867. The van der Waals surface area contributed by atoms with Gasteiger partial charge < -0.3 is 0 Å². The van der Waals surface area contributed by atoms with Gasteiger partial charge in [-0.1, -0.05) is 0 Å². The van der Waals surface area contributed by atoms with Crippen LogP contribution in [0.15, 0.2) is 24.5 Å². The predicted octanol–water partition coefficient (Wildman–Crippen LogP) is 1.28. The molecule has 2 aromatic heterocycles. The van der Waals surface area contributed by atoms with Crippen LogP contribution in [0.25, 0.3) is 5.65 Å². The molecule has 4 heteroatoms. The Morgan fingerprint density at radius 2 is 2.29 bits per heavy atom. The molecule has 0 bridgehead atoms. The topological polar surface area (TPSA) is 54.0 Å². The smallest absolute Gasteiger partial charge is 0.155 e. The molecule has 0 aliphatic heterocycles. The minimum Gasteiger partial charge on any atom is -0.232 e. The Morgan fingerprint density at radius 1 is 1.43 bits per heavy atom. The van der Waals surface area contributed by atoms with Gasteiger partial charge in [0.15, 0.2) is 5.65 Å². The van der Waals surface area contributed by atoms with Gasteiger partial charge >= 0.3 is 0 Å². The van der Waals surface area contributed by atoms with Crippen LogP contribution in [0.3, 0.4) is 0 Å². The molecule has 1 saturated carbocycles. The average molecular weight is 184 g/mol. The van der Waals surface area contributed by atoms with Gasteiger partial charge in [0.2, 0.25) is 0 Å². The molecule has 4 nitrogen and oxygen atoms in total. The fourth-order valence-corrected chi connectivity index (χ4v) is 1.63. The Hall–Kier alpha value is -1.89. The van der Waals surface area contributed by atoms with Crippen molar-refractivity contribution in [1.82, 2.24) is 14.6 Å². The fraction of sp³-hybridized carbons (Fsp3) is 0.300. The normalized spacial score (nSPS) is 17.9. The second kappa shape index (κ2) is 2.32. The van der Waals surface area contributed by atoms with E-state index in [1.165, 1.54) is 0 Å². The average Bonchev–Trinajstić information content (AvgIpc) is 2.89. The minimum absolute atomic E-state index is 0.300. The Bertz CT molecular complexity index is 530. The first-order valence-corrected chi connectivity index (χ1v) is 4.56. The van der Waals surface area contributed by atoms with Crippen LogP contribution in [0, 0.1) is 11.3 Å². The Labute approximate surface area is 80.8 Å². The second-order valence-corrected chi connectivity index (χ2v) is 3.64. The molecule has 0 aromatic carbocycles. The van der Waals surface area contributed by atoms with Crippen molar-refractivity contribution in [3.05, 3.63) is 30.2 Å². The molecule has 2 aromatic rings. The lowest BCUT2D eigenvalue weighted by Crippen LogP contribution is -2.06. The van der Waals surface area contributed by atoms with Gasteiger partial charge in [-0.2, -0.15) is 10.4 Å². The minimum atomic E-state index is -0.300. The zero-order valence-electron chi connectivity index (χ0n) is 7.51. The van der Waals surface area contributed by atoms with E-state index in [2.05, 4.69) is 16.2 Å². The molecule has 68 valence electrons. The second-order valence-electron chi connectivity index (χ2n) is 3.64. The molecule has 3 rings (SSSR count). The summed E-state index contributed by atoms with van der Waals surface area (Å²) in [4.78, 5) is 4.42. The lowest BCUT2D eigenvalue weighted by molar-refractivity contribution is 0.832. The summed E-state index contributed by atoms with van der Waals surface area (Å²) >= 11 is 0. The Balaban J connectivity index is 2.19. The molecule has 0 saturated heterocycles. The monoisotopic (exact) mass is 184 g/mol. The highest BCUT2D eigenvalue weighted by Gasteiger charge is 2.46. The molecule has 0 amide bonds. The van der Waals surface area contributed by atoms with Crippen LogP contribution in [0.4, 0.5) is 0 Å². The van der Waals surface area contributed by atoms with Crippen molar-refractivity contribution in [3.63, 3.8) is 0 Å². The van der Waals surface area contributed by atoms with Crippen molar-refractivity contribution in [2.75, 3.05) is 0 Å². The first-order valence-electron chi connectivity index (χ1n) is 4.56. The zero-order chi connectivity index (χ0) is 9.60. The van der Waals surface area contributed by atoms with Gasteiger partial charge in [-0.25, -0.2) is 9.50 Å². The van der Waals surface area contributed by atoms with E-state index in [0.29, 0.717) is 0 Å². The highest BCUT2D eigenvalue weighted by molar-refractivity contribution is 5.42. The molecule has 0 radical (unpaired) electrons. The SMILES string of the molecule is N#CC1(c2ccn3nccc3n2)CC1. The van der Waals surface area contributed by atoms with Crippen LogP contribution < -0.4 is 0 Å². The summed E-state index contributed by atoms with van der Waals surface area (Å²) in [6.07, 6.45) is 5.43. The molecular formula is C10H8N4. The van der Waals surface area contributed by atoms with Crippen molar-refractivity contribution >= 4 is 5.65 Å². The van der Waals surface area contributed by atoms with E-state index in [-0.39, 0.29) is 5.41 Å². The molecular weight excluding hydrogens is 176 g/mol. The molecule has 1 fully saturated rings. The summed E-state index contributed by atoms with van der Waals surface area (Å²) in [7, 11) is 0. The molecule has 0 N–H and O–H groups in total. The van der Waals surface area contributed by atoms with Gasteiger partial charge in [0.05, 0.1) is 23.4 Å². The highest BCUT2D eigenvalue weighted by atomic mass is 15.2. The molecule has 14 heavy (non-hydrogen) atoms.